The van der Waals surface area contributed by atoms with Gasteiger partial charge >= 0.3 is 6.01 Å². The Labute approximate surface area is 447 Å². The summed E-state index contributed by atoms with van der Waals surface area (Å²) >= 11 is 1.57. The molecule has 7 heterocycles. The minimum atomic E-state index is -0.981. The summed E-state index contributed by atoms with van der Waals surface area (Å²) in [6.07, 6.45) is 14.4. The third-order valence-electron chi connectivity index (χ3n) is 16.0. The summed E-state index contributed by atoms with van der Waals surface area (Å²) in [4.78, 5) is 67.2. The molecule has 1 aromatic carbocycles. The average Bonchev–Trinajstić information content (AvgIpc) is 4.14. The van der Waals surface area contributed by atoms with E-state index in [1.807, 2.05) is 76.5 Å². The molecule has 0 radical (unpaired) electrons. The molecule has 17 nitrogen and oxygen atoms in total. The Balaban J connectivity index is 0.733. The number of halogens is 1. The number of nitrogens with zero attached hydrogens (tertiary/aromatic N) is 7. The van der Waals surface area contributed by atoms with Crippen molar-refractivity contribution in [3.05, 3.63) is 100 Å². The van der Waals surface area contributed by atoms with Gasteiger partial charge in [0.1, 0.15) is 48.1 Å². The lowest BCUT2D eigenvalue weighted by Gasteiger charge is -2.36. The van der Waals surface area contributed by atoms with Gasteiger partial charge in [-0.15, -0.1) is 11.3 Å². The van der Waals surface area contributed by atoms with Gasteiger partial charge in [-0.05, 0) is 80.2 Å². The molecule has 4 unspecified atom stereocenters. The first-order valence-electron chi connectivity index (χ1n) is 26.9. The number of nitrogens with one attached hydrogen (secondary N) is 3. The van der Waals surface area contributed by atoms with Crippen LogP contribution >= 0.6 is 11.3 Å². The maximum absolute atomic E-state index is 17.1. The van der Waals surface area contributed by atoms with Crippen molar-refractivity contribution in [3.8, 4) is 16.5 Å². The second-order valence-electron chi connectivity index (χ2n) is 22.4. The summed E-state index contributed by atoms with van der Waals surface area (Å²) in [5, 5.41) is 31.7. The van der Waals surface area contributed by atoms with E-state index >= 15 is 4.39 Å². The zero-order valence-corrected chi connectivity index (χ0v) is 45.1. The van der Waals surface area contributed by atoms with Crippen LogP contribution in [0.25, 0.3) is 26.9 Å². The number of carbonyl (C=O) groups excluding carboxylic acids is 3. The topological polar surface area (TPSA) is 208 Å². The molecule has 19 heteroatoms. The summed E-state index contributed by atoms with van der Waals surface area (Å²) in [5.74, 6) is -1.43. The molecule has 10 rings (SSSR count). The Bertz CT molecular complexity index is 2930. The molecule has 3 aromatic heterocycles. The van der Waals surface area contributed by atoms with Crippen LogP contribution in [0, 0.1) is 30.0 Å². The number of piperazine rings is 1. The van der Waals surface area contributed by atoms with Gasteiger partial charge in [0.15, 0.2) is 5.82 Å². The van der Waals surface area contributed by atoms with Gasteiger partial charge in [-0.25, -0.2) is 9.37 Å². The Kier molecular flexibility index (Phi) is 15.7. The number of fused-ring (bicyclic) bond motifs is 4. The summed E-state index contributed by atoms with van der Waals surface area (Å²) < 4.78 is 29.5. The summed E-state index contributed by atoms with van der Waals surface area (Å²) in [7, 11) is 0. The van der Waals surface area contributed by atoms with Crippen LogP contribution in [0.3, 0.4) is 0 Å². The fourth-order valence-corrected chi connectivity index (χ4v) is 12.7. The predicted octanol–water partition coefficient (Wildman–Crippen LogP) is 6.74. The van der Waals surface area contributed by atoms with Crippen molar-refractivity contribution in [2.45, 2.75) is 122 Å². The van der Waals surface area contributed by atoms with E-state index in [2.05, 4.69) is 43.7 Å². The molecular weight excluding hydrogens is 988 g/mol. The maximum Gasteiger partial charge on any atom is 0.319 e. The lowest BCUT2D eigenvalue weighted by atomic mass is 9.72. The van der Waals surface area contributed by atoms with Gasteiger partial charge < -0.3 is 45.4 Å². The monoisotopic (exact) mass is 1060 g/mol. The van der Waals surface area contributed by atoms with Crippen LogP contribution in [-0.2, 0) is 19.1 Å². The Hall–Kier alpha value is -6.12. The zero-order valence-electron chi connectivity index (χ0n) is 44.3. The number of rotatable bonds is 16. The van der Waals surface area contributed by atoms with Gasteiger partial charge in [0.25, 0.3) is 0 Å². The van der Waals surface area contributed by atoms with Gasteiger partial charge in [0, 0.05) is 75.8 Å². The predicted molar refractivity (Wildman–Crippen MR) is 290 cm³/mol. The number of hydrogen-bond donors (Lipinski definition) is 5. The summed E-state index contributed by atoms with van der Waals surface area (Å²) in [5.41, 5.74) is 6.04. The van der Waals surface area contributed by atoms with Crippen LogP contribution in [0.4, 0.5) is 10.2 Å². The third-order valence-corrected chi connectivity index (χ3v) is 16.9. The quantitative estimate of drug-likeness (QED) is 0.0788. The molecule has 4 aliphatic heterocycles. The number of β-amino-alcohol motifs (C(OH)–C–C–N with tert-alkyl or cyclic N) is 1. The first-order chi connectivity index (χ1) is 36.5. The summed E-state index contributed by atoms with van der Waals surface area (Å²) in [6, 6.07) is 6.40. The largest absolute Gasteiger partial charge is 0.508 e. The molecule has 76 heavy (non-hydrogen) atoms. The van der Waals surface area contributed by atoms with Crippen molar-refractivity contribution in [1.29, 1.82) is 0 Å². The molecule has 2 bridgehead atoms. The van der Waals surface area contributed by atoms with Gasteiger partial charge in [0.05, 0.1) is 39.7 Å². The van der Waals surface area contributed by atoms with E-state index in [-0.39, 0.29) is 79.0 Å². The number of carbonyl (C=O) groups is 3. The van der Waals surface area contributed by atoms with E-state index < -0.39 is 41.2 Å². The van der Waals surface area contributed by atoms with Gasteiger partial charge in [-0.2, -0.15) is 9.97 Å². The van der Waals surface area contributed by atoms with Crippen LogP contribution in [-0.4, -0.2) is 147 Å². The number of anilines is 1. The summed E-state index contributed by atoms with van der Waals surface area (Å²) in [6.45, 7) is 14.9. The zero-order chi connectivity index (χ0) is 53.4. The van der Waals surface area contributed by atoms with Crippen LogP contribution in [0.2, 0.25) is 0 Å². The molecule has 5 N–H and O–H groups in total. The van der Waals surface area contributed by atoms with Crippen LogP contribution in [0.5, 0.6) is 6.01 Å². The number of thiazole rings is 1. The highest BCUT2D eigenvalue weighted by atomic mass is 32.1. The highest BCUT2D eigenvalue weighted by Crippen LogP contribution is 2.45. The SMILES string of the molecule is CCC1=CC=CC2C=C(O)C=C(c3ncc4c(N5CC6CCC(C5)N6)nc(OCCN5CCC(OCC(=O)N[C@H](C(=O)N6C[C@H](O)C[C@H]6C(=O)N[C@@H](C)c6ccc(-c7scnc7C)cc6)C(C)(C)C)CC5)nc4c3F)C12. The Morgan fingerprint density at radius 1 is 1.01 bits per heavy atom. The van der Waals surface area contributed by atoms with E-state index in [4.69, 9.17) is 24.4 Å². The molecule has 404 valence electrons. The second-order valence-corrected chi connectivity index (χ2v) is 23.2. The van der Waals surface area contributed by atoms with Gasteiger partial charge in [-0.1, -0.05) is 75.8 Å². The normalized spacial score (nSPS) is 24.7. The third kappa shape index (κ3) is 11.4. The average molecular weight is 1060 g/mol. The number of aromatic nitrogens is 4. The molecule has 4 saturated heterocycles. The molecule has 8 atom stereocenters. The number of aliphatic hydroxyl groups is 2. The van der Waals surface area contributed by atoms with Crippen molar-refractivity contribution in [3.63, 3.8) is 0 Å². The molecule has 4 aromatic rings. The van der Waals surface area contributed by atoms with E-state index in [9.17, 15) is 24.6 Å². The molecule has 0 saturated carbocycles. The van der Waals surface area contributed by atoms with E-state index in [0.29, 0.717) is 61.3 Å². The molecule has 2 aliphatic carbocycles. The number of likely N-dealkylation sites (tertiary alicyclic amines) is 2. The number of allylic oxidation sites excluding steroid dienone is 7. The lowest BCUT2D eigenvalue weighted by molar-refractivity contribution is -0.145. The second kappa shape index (κ2) is 22.5. The van der Waals surface area contributed by atoms with E-state index in [0.717, 1.165) is 59.6 Å². The van der Waals surface area contributed by atoms with Crippen LogP contribution in [0.1, 0.15) is 96.1 Å². The van der Waals surface area contributed by atoms with E-state index in [1.165, 1.54) is 4.90 Å². The molecule has 3 amide bonds. The Morgan fingerprint density at radius 2 is 1.76 bits per heavy atom. The van der Waals surface area contributed by atoms with Crippen LogP contribution in [0.15, 0.2) is 77.7 Å². The minimum Gasteiger partial charge on any atom is -0.508 e. The molecule has 4 fully saturated rings. The molecule has 6 aliphatic rings. The first-order valence-corrected chi connectivity index (χ1v) is 27.8. The minimum absolute atomic E-state index is 0.0258. The van der Waals surface area contributed by atoms with Crippen molar-refractivity contribution >= 4 is 51.4 Å². The number of pyridine rings is 1. The number of hydrogen-bond acceptors (Lipinski definition) is 15. The number of ether oxygens (including phenoxy) is 2. The lowest BCUT2D eigenvalue weighted by Crippen LogP contribution is -2.58. The number of benzene rings is 1. The highest BCUT2D eigenvalue weighted by molar-refractivity contribution is 7.13. The van der Waals surface area contributed by atoms with Gasteiger partial charge in [-0.3, -0.25) is 24.3 Å². The molecular formula is C57H71FN10O7S. The highest BCUT2D eigenvalue weighted by Gasteiger charge is 2.45. The number of amides is 3. The van der Waals surface area contributed by atoms with Crippen LogP contribution < -0.4 is 25.6 Å². The first kappa shape index (κ1) is 53.3. The fraction of sp³-hybridized carbons (Fsp3) is 0.526. The molecule has 0 spiro atoms. The smallest absolute Gasteiger partial charge is 0.319 e. The fourth-order valence-electron chi connectivity index (χ4n) is 11.9. The number of piperidine rings is 1. The maximum atomic E-state index is 17.1. The van der Waals surface area contributed by atoms with Crippen molar-refractivity contribution in [1.82, 2.24) is 45.7 Å². The standard InChI is InChI=1S/C57H71FN10O7S/c1-7-34-9-8-10-37-23-40(69)24-43(47(34)37)49-48(58)50-44(26-59-49)53(67-27-38-15-16-39(28-67)62-38)65-56(64-50)74-22-21-66-19-17-42(18-20-66)75-30-46(71)63-52(57(4,5)6)55(73)68-29-41(70)25-45(68)54(72)61-32(2)35-11-13-36(14-12-35)51-33(3)60-31-76-51/h8-14,23-24,26,31-32,37-39,41-42,45,47,52,62,69-70H,7,15-22,25,27-30H2,1-6H3,(H,61,72)(H,63,71)/t32-,37?,38?,39?,41+,45-,47?,52+/m0/s1. The Morgan fingerprint density at radius 3 is 2.46 bits per heavy atom. The van der Waals surface area contributed by atoms with E-state index in [1.54, 1.807) is 29.7 Å². The van der Waals surface area contributed by atoms with Crippen molar-refractivity contribution in [2.24, 2.45) is 17.3 Å². The van der Waals surface area contributed by atoms with Crippen molar-refractivity contribution in [2.75, 3.05) is 57.4 Å². The number of aliphatic hydroxyl groups excluding tert-OH is 2. The number of aryl methyl sites for hydroxylation is 1. The van der Waals surface area contributed by atoms with Crippen molar-refractivity contribution < 1.29 is 38.5 Å². The van der Waals surface area contributed by atoms with Gasteiger partial charge in [0.2, 0.25) is 17.7 Å².